The zero-order chi connectivity index (χ0) is 33.4. The lowest BCUT2D eigenvalue weighted by Gasteiger charge is -2.34. The Balaban J connectivity index is 2.10. The Morgan fingerprint density at radius 3 is 2.04 bits per heavy atom. The van der Waals surface area contributed by atoms with Crippen molar-refractivity contribution in [2.24, 2.45) is 5.10 Å². The van der Waals surface area contributed by atoms with Gasteiger partial charge in [-0.2, -0.15) is 10.1 Å². The number of carbonyl (C=O) groups is 6. The second-order valence-corrected chi connectivity index (χ2v) is 11.1. The van der Waals surface area contributed by atoms with Crippen molar-refractivity contribution in [2.75, 3.05) is 11.6 Å². The van der Waals surface area contributed by atoms with Crippen LogP contribution in [0.4, 0.5) is 5.95 Å². The van der Waals surface area contributed by atoms with Gasteiger partial charge in [0.1, 0.15) is 11.4 Å². The van der Waals surface area contributed by atoms with Gasteiger partial charge in [-0.15, -0.1) is 11.3 Å². The van der Waals surface area contributed by atoms with E-state index in [1.807, 2.05) is 0 Å². The Kier molecular flexibility index (Phi) is 11.9. The van der Waals surface area contributed by atoms with E-state index in [4.69, 9.17) is 23.7 Å². The summed E-state index contributed by atoms with van der Waals surface area (Å²) in [5, 5.41) is 5.28. The minimum absolute atomic E-state index is 0.232. The number of hydrazone groups is 1. The van der Waals surface area contributed by atoms with Crippen molar-refractivity contribution in [2.45, 2.75) is 91.6 Å². The lowest BCUT2D eigenvalue weighted by molar-refractivity contribution is -0.197. The molecule has 1 N–H and O–H groups in total. The number of carbonyl (C=O) groups excluding carboxylic acids is 6. The number of fused-ring (bicyclic) bond motifs is 3. The van der Waals surface area contributed by atoms with Gasteiger partial charge < -0.3 is 23.7 Å². The Hall–Kier alpha value is -4.67. The number of ether oxygens (including phenoxy) is 5. The largest absolute Gasteiger partial charge is 0.462 e. The number of esters is 5. The summed E-state index contributed by atoms with van der Waals surface area (Å²) < 4.78 is 26.2. The Bertz CT molecular complexity index is 1560. The number of anilines is 1. The SMILES string of the molecule is CC(=O)OC[C@@H](OC(C)=O)[C@@H](OC(C)=O)[C@H](OC(C)=O)[C@@H](/C=N/N(C(C)=O)c1nc2sc3c(c2c(=O)[nH]1)CCCC3)OC(C)=O. The summed E-state index contributed by atoms with van der Waals surface area (Å²) in [6, 6.07) is 0. The fraction of sp³-hybridized carbons (Fsp3) is 0.536. The lowest BCUT2D eigenvalue weighted by atomic mass is 9.97. The number of amides is 1. The second kappa shape index (κ2) is 15.4. The minimum Gasteiger partial charge on any atom is -0.462 e. The van der Waals surface area contributed by atoms with Crippen molar-refractivity contribution in [1.82, 2.24) is 9.97 Å². The van der Waals surface area contributed by atoms with Crippen LogP contribution in [0.2, 0.25) is 0 Å². The van der Waals surface area contributed by atoms with Crippen LogP contribution in [0.15, 0.2) is 9.90 Å². The summed E-state index contributed by atoms with van der Waals surface area (Å²) in [5.74, 6) is -5.33. The monoisotopic (exact) mass is 650 g/mol. The summed E-state index contributed by atoms with van der Waals surface area (Å²) in [6.45, 7) is 5.69. The van der Waals surface area contributed by atoms with Gasteiger partial charge in [0.25, 0.3) is 5.56 Å². The maximum atomic E-state index is 13.1. The Labute approximate surface area is 261 Å². The van der Waals surface area contributed by atoms with Crippen LogP contribution in [-0.4, -0.2) is 83.0 Å². The van der Waals surface area contributed by atoms with E-state index in [-0.39, 0.29) is 5.95 Å². The summed E-state index contributed by atoms with van der Waals surface area (Å²) in [6.07, 6.45) is -2.29. The minimum atomic E-state index is -1.74. The molecule has 16 nitrogen and oxygen atoms in total. The summed E-state index contributed by atoms with van der Waals surface area (Å²) in [5.41, 5.74) is 0.473. The number of hydrogen-bond donors (Lipinski definition) is 1. The highest BCUT2D eigenvalue weighted by Crippen LogP contribution is 2.34. The molecule has 0 spiro atoms. The maximum absolute atomic E-state index is 13.1. The zero-order valence-corrected chi connectivity index (χ0v) is 26.4. The molecule has 2 heterocycles. The molecule has 1 amide bonds. The van der Waals surface area contributed by atoms with Crippen LogP contribution in [0.5, 0.6) is 0 Å². The van der Waals surface area contributed by atoms with E-state index in [1.165, 1.54) is 11.3 Å². The first-order valence-electron chi connectivity index (χ1n) is 13.9. The first-order chi connectivity index (χ1) is 21.2. The third kappa shape index (κ3) is 9.41. The molecule has 0 fully saturated rings. The molecule has 2 aromatic heterocycles. The van der Waals surface area contributed by atoms with Gasteiger partial charge in [0.2, 0.25) is 11.9 Å². The third-order valence-corrected chi connectivity index (χ3v) is 7.51. The number of nitrogens with one attached hydrogen (secondary N) is 1. The van der Waals surface area contributed by atoms with Gasteiger partial charge in [-0.3, -0.25) is 38.5 Å². The van der Waals surface area contributed by atoms with Crippen LogP contribution in [-0.2, 0) is 65.3 Å². The van der Waals surface area contributed by atoms with E-state index in [1.54, 1.807) is 0 Å². The van der Waals surface area contributed by atoms with Gasteiger partial charge in [0.15, 0.2) is 24.4 Å². The fourth-order valence-electron chi connectivity index (χ4n) is 4.71. The quantitative estimate of drug-likeness (QED) is 0.150. The highest BCUT2D eigenvalue weighted by Gasteiger charge is 2.43. The van der Waals surface area contributed by atoms with Crippen LogP contribution in [0.3, 0.4) is 0 Å². The van der Waals surface area contributed by atoms with Crippen molar-refractivity contribution in [3.05, 3.63) is 20.8 Å². The summed E-state index contributed by atoms with van der Waals surface area (Å²) in [4.78, 5) is 94.2. The van der Waals surface area contributed by atoms with Gasteiger partial charge in [-0.1, -0.05) is 0 Å². The fourth-order valence-corrected chi connectivity index (χ4v) is 5.97. The number of aromatic amines is 1. The van der Waals surface area contributed by atoms with Crippen molar-refractivity contribution in [1.29, 1.82) is 0 Å². The summed E-state index contributed by atoms with van der Waals surface area (Å²) in [7, 11) is 0. The molecule has 0 bridgehead atoms. The molecule has 1 aliphatic rings. The van der Waals surface area contributed by atoms with Crippen LogP contribution >= 0.6 is 11.3 Å². The molecule has 45 heavy (non-hydrogen) atoms. The molecular formula is C28H34N4O12S. The summed E-state index contributed by atoms with van der Waals surface area (Å²) >= 11 is 1.35. The molecule has 0 saturated heterocycles. The predicted molar refractivity (Wildman–Crippen MR) is 157 cm³/mol. The number of aromatic nitrogens is 2. The average molecular weight is 651 g/mol. The van der Waals surface area contributed by atoms with E-state index in [9.17, 15) is 33.6 Å². The molecule has 0 aromatic carbocycles. The van der Waals surface area contributed by atoms with Gasteiger partial charge in [0.05, 0.1) is 11.6 Å². The molecule has 0 radical (unpaired) electrons. The van der Waals surface area contributed by atoms with E-state index < -0.39 is 72.3 Å². The number of thiophene rings is 1. The van der Waals surface area contributed by atoms with Gasteiger partial charge in [0, 0.05) is 46.4 Å². The normalized spacial score (nSPS) is 15.2. The number of rotatable bonds is 12. The smallest absolute Gasteiger partial charge is 0.303 e. The molecule has 2 aromatic rings. The number of nitrogens with zero attached hydrogens (tertiary/aromatic N) is 3. The molecule has 3 rings (SSSR count). The molecular weight excluding hydrogens is 616 g/mol. The zero-order valence-electron chi connectivity index (χ0n) is 25.6. The first kappa shape index (κ1) is 34.8. The highest BCUT2D eigenvalue weighted by molar-refractivity contribution is 7.18. The standard InChI is InChI=1S/C28H34N4O12S/c1-13(33)32(28-30-26(39)23-19-9-7-8-10-22(19)45-27(23)31-28)29-11-20(41-15(3)35)24(43-17(5)37)25(44-18(6)38)21(42-16(4)36)12-40-14(2)34/h11,20-21,24-25H,7-10,12H2,1-6H3,(H,30,31,39)/b29-11+/t20-,21-,24-,25-/m1/s1. The number of aryl methyl sites for hydroxylation is 2. The molecule has 244 valence electrons. The van der Waals surface area contributed by atoms with Gasteiger partial charge in [-0.25, -0.2) is 4.98 Å². The van der Waals surface area contributed by atoms with E-state index >= 15 is 0 Å². The predicted octanol–water partition coefficient (Wildman–Crippen LogP) is 1.49. The van der Waals surface area contributed by atoms with E-state index in [0.29, 0.717) is 10.2 Å². The molecule has 0 unspecified atom stereocenters. The van der Waals surface area contributed by atoms with Crippen LogP contribution < -0.4 is 10.6 Å². The molecule has 17 heteroatoms. The van der Waals surface area contributed by atoms with Crippen LogP contribution in [0.1, 0.15) is 64.8 Å². The van der Waals surface area contributed by atoms with E-state index in [0.717, 1.165) is 88.9 Å². The van der Waals surface area contributed by atoms with Crippen molar-refractivity contribution >= 4 is 69.5 Å². The molecule has 4 atom stereocenters. The Morgan fingerprint density at radius 1 is 0.867 bits per heavy atom. The van der Waals surface area contributed by atoms with Gasteiger partial charge >= 0.3 is 29.8 Å². The lowest BCUT2D eigenvalue weighted by Crippen LogP contribution is -2.53. The topological polar surface area (TPSA) is 210 Å². The molecule has 0 saturated carbocycles. The van der Waals surface area contributed by atoms with Crippen molar-refractivity contribution < 1.29 is 52.5 Å². The Morgan fingerprint density at radius 2 is 1.47 bits per heavy atom. The van der Waals surface area contributed by atoms with Crippen molar-refractivity contribution in [3.63, 3.8) is 0 Å². The second-order valence-electron chi connectivity index (χ2n) is 10.0. The number of hydrogen-bond acceptors (Lipinski definition) is 15. The number of H-pyrrole nitrogens is 1. The molecule has 0 aliphatic heterocycles. The van der Waals surface area contributed by atoms with Gasteiger partial charge in [-0.05, 0) is 31.2 Å². The van der Waals surface area contributed by atoms with Crippen LogP contribution in [0, 0.1) is 0 Å². The first-order valence-corrected chi connectivity index (χ1v) is 14.7. The average Bonchev–Trinajstić information content (AvgIpc) is 3.30. The van der Waals surface area contributed by atoms with E-state index in [2.05, 4.69) is 15.1 Å². The van der Waals surface area contributed by atoms with Crippen LogP contribution in [0.25, 0.3) is 10.2 Å². The van der Waals surface area contributed by atoms with Crippen molar-refractivity contribution in [3.8, 4) is 0 Å². The third-order valence-electron chi connectivity index (χ3n) is 6.33. The molecule has 1 aliphatic carbocycles. The highest BCUT2D eigenvalue weighted by atomic mass is 32.1. The maximum Gasteiger partial charge on any atom is 0.303 e.